The van der Waals surface area contributed by atoms with Gasteiger partial charge in [-0.15, -0.1) is 0 Å². The van der Waals surface area contributed by atoms with Gasteiger partial charge in [-0.3, -0.25) is 9.78 Å². The molecule has 0 aliphatic heterocycles. The van der Waals surface area contributed by atoms with Crippen molar-refractivity contribution in [1.82, 2.24) is 19.9 Å². The number of fused-ring (bicyclic) bond motifs is 1. The molecule has 6 nitrogen and oxygen atoms in total. The average Bonchev–Trinajstić information content (AvgIpc) is 3.20. The summed E-state index contributed by atoms with van der Waals surface area (Å²) >= 11 is 0. The lowest BCUT2D eigenvalue weighted by atomic mass is 10.2. The van der Waals surface area contributed by atoms with Crippen LogP contribution in [0.1, 0.15) is 35.1 Å². The zero-order chi connectivity index (χ0) is 22.2. The van der Waals surface area contributed by atoms with Crippen LogP contribution in [-0.2, 0) is 19.4 Å². The van der Waals surface area contributed by atoms with Gasteiger partial charge in [-0.05, 0) is 54.8 Å². The molecule has 4 aromatic rings. The monoisotopic (exact) mass is 428 g/mol. The lowest BCUT2D eigenvalue weighted by Gasteiger charge is -2.11. The van der Waals surface area contributed by atoms with Gasteiger partial charge in [0, 0.05) is 31.9 Å². The molecule has 0 spiro atoms. The van der Waals surface area contributed by atoms with Crippen LogP contribution in [0, 0.1) is 0 Å². The number of aryl methyl sites for hydroxylation is 2. The minimum absolute atomic E-state index is 0.122. The molecular formula is C26H28N4O2. The van der Waals surface area contributed by atoms with Crippen molar-refractivity contribution < 1.29 is 9.53 Å². The molecule has 6 heteroatoms. The molecule has 32 heavy (non-hydrogen) atoms. The van der Waals surface area contributed by atoms with Crippen molar-refractivity contribution in [2.45, 2.75) is 32.7 Å². The first-order valence-corrected chi connectivity index (χ1v) is 11.1. The Morgan fingerprint density at radius 1 is 1.06 bits per heavy atom. The summed E-state index contributed by atoms with van der Waals surface area (Å²) in [7, 11) is 0. The first-order valence-electron chi connectivity index (χ1n) is 11.1. The number of pyridine rings is 1. The van der Waals surface area contributed by atoms with E-state index in [0.29, 0.717) is 25.1 Å². The maximum absolute atomic E-state index is 12.3. The van der Waals surface area contributed by atoms with Crippen LogP contribution in [0.3, 0.4) is 0 Å². The number of carbonyl (C=O) groups excluding carboxylic acids is 1. The highest BCUT2D eigenvalue weighted by Gasteiger charge is 2.11. The number of hydrogen-bond acceptors (Lipinski definition) is 4. The van der Waals surface area contributed by atoms with Crippen molar-refractivity contribution in [3.63, 3.8) is 0 Å². The van der Waals surface area contributed by atoms with Crippen molar-refractivity contribution in [2.24, 2.45) is 0 Å². The smallest absolute Gasteiger partial charge is 0.252 e. The summed E-state index contributed by atoms with van der Waals surface area (Å²) in [6, 6.07) is 19.9. The van der Waals surface area contributed by atoms with E-state index in [2.05, 4.69) is 40.0 Å². The lowest BCUT2D eigenvalue weighted by Crippen LogP contribution is -2.26. The summed E-state index contributed by atoms with van der Waals surface area (Å²) in [5, 5.41) is 2.96. The minimum atomic E-state index is -0.122. The number of nitrogens with zero attached hydrogens (tertiary/aromatic N) is 3. The second-order valence-corrected chi connectivity index (χ2v) is 7.62. The van der Waals surface area contributed by atoms with E-state index < -0.39 is 0 Å². The van der Waals surface area contributed by atoms with E-state index in [1.807, 2.05) is 30.3 Å². The SMILES string of the molecule is CCc1ccc(OCCCn2c(CCNC(=O)c3cccnc3)nc3ccccc32)cc1. The molecular weight excluding hydrogens is 400 g/mol. The number of imidazole rings is 1. The van der Waals surface area contributed by atoms with Crippen LogP contribution in [0.2, 0.25) is 0 Å². The zero-order valence-electron chi connectivity index (χ0n) is 18.3. The molecule has 2 heterocycles. The van der Waals surface area contributed by atoms with E-state index in [0.717, 1.165) is 42.0 Å². The van der Waals surface area contributed by atoms with Gasteiger partial charge in [0.15, 0.2) is 0 Å². The van der Waals surface area contributed by atoms with E-state index in [4.69, 9.17) is 9.72 Å². The van der Waals surface area contributed by atoms with E-state index >= 15 is 0 Å². The average molecular weight is 429 g/mol. The highest BCUT2D eigenvalue weighted by atomic mass is 16.5. The van der Waals surface area contributed by atoms with Gasteiger partial charge in [0.2, 0.25) is 0 Å². The summed E-state index contributed by atoms with van der Waals surface area (Å²) in [6.07, 6.45) is 5.77. The highest BCUT2D eigenvalue weighted by Crippen LogP contribution is 2.18. The Hall–Kier alpha value is -3.67. The normalized spacial score (nSPS) is 10.9. The number of aromatic nitrogens is 3. The van der Waals surface area contributed by atoms with Crippen molar-refractivity contribution in [3.05, 3.63) is 90.0 Å². The Morgan fingerprint density at radius 3 is 2.69 bits per heavy atom. The second-order valence-electron chi connectivity index (χ2n) is 7.62. The fourth-order valence-electron chi connectivity index (χ4n) is 3.69. The van der Waals surface area contributed by atoms with Gasteiger partial charge in [-0.2, -0.15) is 0 Å². The van der Waals surface area contributed by atoms with Crippen LogP contribution >= 0.6 is 0 Å². The summed E-state index contributed by atoms with van der Waals surface area (Å²) in [5.74, 6) is 1.74. The molecule has 2 aromatic heterocycles. The van der Waals surface area contributed by atoms with Gasteiger partial charge in [0.25, 0.3) is 5.91 Å². The molecule has 0 atom stereocenters. The van der Waals surface area contributed by atoms with E-state index in [1.54, 1.807) is 24.5 Å². The second kappa shape index (κ2) is 10.6. The number of para-hydroxylation sites is 2. The molecule has 0 unspecified atom stereocenters. The predicted octanol–water partition coefficient (Wildman–Crippen LogP) is 4.44. The summed E-state index contributed by atoms with van der Waals surface area (Å²) < 4.78 is 8.15. The lowest BCUT2D eigenvalue weighted by molar-refractivity contribution is 0.0953. The van der Waals surface area contributed by atoms with Crippen LogP contribution in [0.25, 0.3) is 11.0 Å². The Kier molecular flexibility index (Phi) is 7.12. The van der Waals surface area contributed by atoms with Gasteiger partial charge in [0.05, 0.1) is 23.2 Å². The largest absolute Gasteiger partial charge is 0.494 e. The third-order valence-corrected chi connectivity index (χ3v) is 5.42. The van der Waals surface area contributed by atoms with Crippen molar-refractivity contribution in [2.75, 3.05) is 13.2 Å². The Balaban J connectivity index is 1.36. The molecule has 2 aromatic carbocycles. The first-order chi connectivity index (χ1) is 15.7. The number of benzene rings is 2. The first kappa shape index (κ1) is 21.6. The molecule has 0 aliphatic carbocycles. The van der Waals surface area contributed by atoms with Gasteiger partial charge < -0.3 is 14.6 Å². The molecule has 0 fully saturated rings. The van der Waals surface area contributed by atoms with Crippen molar-refractivity contribution in [3.8, 4) is 5.75 Å². The van der Waals surface area contributed by atoms with Crippen LogP contribution in [0.4, 0.5) is 0 Å². The zero-order valence-corrected chi connectivity index (χ0v) is 18.3. The molecule has 0 saturated carbocycles. The number of ether oxygens (including phenoxy) is 1. The minimum Gasteiger partial charge on any atom is -0.494 e. The molecule has 0 radical (unpaired) electrons. The number of carbonyl (C=O) groups is 1. The number of hydrogen-bond donors (Lipinski definition) is 1. The van der Waals surface area contributed by atoms with Gasteiger partial charge in [0.1, 0.15) is 11.6 Å². The number of nitrogens with one attached hydrogen (secondary N) is 1. The highest BCUT2D eigenvalue weighted by molar-refractivity contribution is 5.93. The molecule has 1 amide bonds. The van der Waals surface area contributed by atoms with Gasteiger partial charge >= 0.3 is 0 Å². The Bertz CT molecular complexity index is 1150. The molecule has 0 saturated heterocycles. The summed E-state index contributed by atoms with van der Waals surface area (Å²) in [6.45, 7) is 4.10. The molecule has 1 N–H and O–H groups in total. The van der Waals surface area contributed by atoms with Crippen molar-refractivity contribution in [1.29, 1.82) is 0 Å². The fraction of sp³-hybridized carbons (Fsp3) is 0.269. The third-order valence-electron chi connectivity index (χ3n) is 5.42. The van der Waals surface area contributed by atoms with E-state index in [1.165, 1.54) is 5.56 Å². The predicted molar refractivity (Wildman–Crippen MR) is 126 cm³/mol. The van der Waals surface area contributed by atoms with Crippen LogP contribution in [0.5, 0.6) is 5.75 Å². The molecule has 0 aliphatic rings. The standard InChI is InChI=1S/C26H28N4O2/c1-2-20-10-12-22(13-11-20)32-18-6-17-30-24-9-4-3-8-23(24)29-25(30)14-16-28-26(31)21-7-5-15-27-19-21/h3-5,7-13,15,19H,2,6,14,16-18H2,1H3,(H,28,31). The maximum Gasteiger partial charge on any atom is 0.252 e. The Morgan fingerprint density at radius 2 is 1.91 bits per heavy atom. The van der Waals surface area contributed by atoms with Crippen LogP contribution in [-0.4, -0.2) is 33.6 Å². The topological polar surface area (TPSA) is 69.0 Å². The van der Waals surface area contributed by atoms with Gasteiger partial charge in [-0.1, -0.05) is 31.2 Å². The van der Waals surface area contributed by atoms with Gasteiger partial charge in [-0.25, -0.2) is 4.98 Å². The van der Waals surface area contributed by atoms with E-state index in [-0.39, 0.29) is 5.91 Å². The molecule has 164 valence electrons. The van der Waals surface area contributed by atoms with Crippen LogP contribution in [0.15, 0.2) is 73.1 Å². The fourth-order valence-corrected chi connectivity index (χ4v) is 3.69. The summed E-state index contributed by atoms with van der Waals surface area (Å²) in [4.78, 5) is 21.1. The third kappa shape index (κ3) is 5.32. The molecule has 4 rings (SSSR count). The Labute approximate surface area is 188 Å². The quantitative estimate of drug-likeness (QED) is 0.379. The van der Waals surface area contributed by atoms with Crippen molar-refractivity contribution >= 4 is 16.9 Å². The number of amides is 1. The van der Waals surface area contributed by atoms with Crippen LogP contribution < -0.4 is 10.1 Å². The molecule has 0 bridgehead atoms. The van der Waals surface area contributed by atoms with E-state index in [9.17, 15) is 4.79 Å². The maximum atomic E-state index is 12.3. The number of rotatable bonds is 10. The summed E-state index contributed by atoms with van der Waals surface area (Å²) in [5.41, 5.74) is 3.94.